The maximum atomic E-state index is 12.7. The molecule has 1 aliphatic rings. The molecule has 0 aliphatic carbocycles. The fourth-order valence-electron chi connectivity index (χ4n) is 4.13. The Balaban J connectivity index is 1.33. The number of rotatable bonds is 5. The first kappa shape index (κ1) is 21.1. The molecule has 0 unspecified atom stereocenters. The first-order valence-electron chi connectivity index (χ1n) is 10.3. The number of amides is 1. The maximum absolute atomic E-state index is 12.7. The van der Waals surface area contributed by atoms with Crippen molar-refractivity contribution >= 4 is 29.0 Å². The van der Waals surface area contributed by atoms with E-state index >= 15 is 0 Å². The molecular weight excluding hydrogens is 444 g/mol. The summed E-state index contributed by atoms with van der Waals surface area (Å²) >= 11 is 0. The number of fused-ring (bicyclic) bond motifs is 2. The number of aromatic nitrogens is 3. The second-order valence-corrected chi connectivity index (χ2v) is 7.98. The molecule has 4 aromatic rings. The minimum absolute atomic E-state index is 0.00661. The van der Waals surface area contributed by atoms with Gasteiger partial charge in [0.2, 0.25) is 11.7 Å². The summed E-state index contributed by atoms with van der Waals surface area (Å²) in [6.07, 6.45) is 1.78. The van der Waals surface area contributed by atoms with E-state index in [1.165, 1.54) is 0 Å². The number of nitrogen functional groups attached to an aromatic ring is 1. The molecule has 34 heavy (non-hydrogen) atoms. The number of imidazole rings is 1. The standard InChI is InChI=1S/C22H18N6O6/c23-16-17(19(31)18(16)30)27-4-3-11-2-1-10(5-12(11)8-27)7-24-20(32)13-6-14(21(33)34)28-9-15(29)26-22(28)25-13/h1-2,5-6,9,29H,3-4,7-8,23H2,(H,24,32)(H,33,34). The third-order valence-electron chi connectivity index (χ3n) is 5.85. The van der Waals surface area contributed by atoms with Gasteiger partial charge in [-0.3, -0.25) is 18.8 Å². The second-order valence-electron chi connectivity index (χ2n) is 7.98. The minimum atomic E-state index is -1.31. The SMILES string of the molecule is Nc1c(N2CCc3ccc(CNC(=O)c4cc(C(=O)O)n5cc(O)nc5n4)cc3C2)c(=O)c1=O. The van der Waals surface area contributed by atoms with E-state index in [0.29, 0.717) is 19.5 Å². The summed E-state index contributed by atoms with van der Waals surface area (Å²) in [6, 6.07) is 6.81. The molecule has 0 saturated heterocycles. The number of hydrogen-bond donors (Lipinski definition) is 4. The zero-order valence-electron chi connectivity index (χ0n) is 17.6. The van der Waals surface area contributed by atoms with Crippen molar-refractivity contribution < 1.29 is 19.8 Å². The second kappa shape index (κ2) is 7.69. The Morgan fingerprint density at radius 3 is 2.65 bits per heavy atom. The van der Waals surface area contributed by atoms with Gasteiger partial charge in [0.25, 0.3) is 16.8 Å². The third kappa shape index (κ3) is 3.41. The molecule has 0 spiro atoms. The van der Waals surface area contributed by atoms with Crippen LogP contribution in [0, 0.1) is 0 Å². The largest absolute Gasteiger partial charge is 0.492 e. The third-order valence-corrected chi connectivity index (χ3v) is 5.85. The van der Waals surface area contributed by atoms with Crippen LogP contribution in [0.25, 0.3) is 5.78 Å². The number of aromatic hydroxyl groups is 1. The zero-order chi connectivity index (χ0) is 24.1. The number of nitrogens with one attached hydrogen (secondary N) is 1. The first-order valence-corrected chi connectivity index (χ1v) is 10.3. The lowest BCUT2D eigenvalue weighted by Crippen LogP contribution is -2.44. The highest BCUT2D eigenvalue weighted by atomic mass is 16.4. The van der Waals surface area contributed by atoms with Crippen LogP contribution in [-0.2, 0) is 19.5 Å². The van der Waals surface area contributed by atoms with Crippen LogP contribution in [0.4, 0.5) is 11.4 Å². The van der Waals surface area contributed by atoms with Crippen molar-refractivity contribution in [1.29, 1.82) is 0 Å². The molecule has 5 rings (SSSR count). The predicted molar refractivity (Wildman–Crippen MR) is 120 cm³/mol. The van der Waals surface area contributed by atoms with Crippen molar-refractivity contribution in [3.8, 4) is 5.88 Å². The highest BCUT2D eigenvalue weighted by molar-refractivity contribution is 5.95. The van der Waals surface area contributed by atoms with Crippen LogP contribution >= 0.6 is 0 Å². The summed E-state index contributed by atoms with van der Waals surface area (Å²) in [6.45, 7) is 1.13. The molecule has 12 heteroatoms. The number of carboxylic acid groups (broad SMARTS) is 1. The Hall–Kier alpha value is -4.74. The Bertz CT molecular complexity index is 1560. The van der Waals surface area contributed by atoms with Crippen molar-refractivity contribution in [3.05, 3.63) is 79.0 Å². The van der Waals surface area contributed by atoms with E-state index in [4.69, 9.17) is 5.73 Å². The summed E-state index contributed by atoms with van der Waals surface area (Å²) in [5.41, 5.74) is 7.13. The smallest absolute Gasteiger partial charge is 0.353 e. The lowest BCUT2D eigenvalue weighted by atomic mass is 9.96. The molecule has 0 atom stereocenters. The lowest BCUT2D eigenvalue weighted by Gasteiger charge is -2.32. The molecular formula is C22H18N6O6. The van der Waals surface area contributed by atoms with E-state index in [9.17, 15) is 29.4 Å². The van der Waals surface area contributed by atoms with Crippen molar-refractivity contribution in [1.82, 2.24) is 19.7 Å². The van der Waals surface area contributed by atoms with E-state index in [0.717, 1.165) is 33.4 Å². The van der Waals surface area contributed by atoms with E-state index in [1.54, 1.807) is 4.90 Å². The molecule has 2 aromatic carbocycles. The number of anilines is 2. The van der Waals surface area contributed by atoms with Crippen LogP contribution in [0.1, 0.15) is 37.7 Å². The van der Waals surface area contributed by atoms with Crippen molar-refractivity contribution in [3.63, 3.8) is 0 Å². The number of hydrogen-bond acceptors (Lipinski definition) is 9. The number of carbonyl (C=O) groups is 2. The molecule has 0 saturated carbocycles. The monoisotopic (exact) mass is 462 g/mol. The molecule has 2 aromatic heterocycles. The number of carbonyl (C=O) groups excluding carboxylic acids is 1. The van der Waals surface area contributed by atoms with E-state index in [1.807, 2.05) is 18.2 Å². The summed E-state index contributed by atoms with van der Waals surface area (Å²) < 4.78 is 1.08. The van der Waals surface area contributed by atoms with E-state index in [-0.39, 0.29) is 35.1 Å². The molecule has 1 amide bonds. The predicted octanol–water partition coefficient (Wildman–Crippen LogP) is -0.196. The number of nitrogens with zero attached hydrogens (tertiary/aromatic N) is 4. The zero-order valence-corrected chi connectivity index (χ0v) is 17.6. The molecule has 0 radical (unpaired) electrons. The van der Waals surface area contributed by atoms with Crippen LogP contribution < -0.4 is 26.8 Å². The fourth-order valence-corrected chi connectivity index (χ4v) is 4.13. The van der Waals surface area contributed by atoms with Gasteiger partial charge in [0.05, 0.1) is 6.20 Å². The van der Waals surface area contributed by atoms with Crippen molar-refractivity contribution in [2.75, 3.05) is 17.2 Å². The van der Waals surface area contributed by atoms with E-state index in [2.05, 4.69) is 15.3 Å². The van der Waals surface area contributed by atoms with Gasteiger partial charge in [-0.25, -0.2) is 9.78 Å². The van der Waals surface area contributed by atoms with E-state index < -0.39 is 28.6 Å². The Morgan fingerprint density at radius 2 is 1.91 bits per heavy atom. The molecule has 1 aliphatic heterocycles. The fraction of sp³-hybridized carbons (Fsp3) is 0.182. The Labute approximate surface area is 190 Å². The molecule has 0 fully saturated rings. The molecule has 0 bridgehead atoms. The van der Waals surface area contributed by atoms with Gasteiger partial charge in [-0.1, -0.05) is 18.2 Å². The Kier molecular flexibility index (Phi) is 4.78. The van der Waals surface area contributed by atoms with Crippen LogP contribution in [-0.4, -0.2) is 43.0 Å². The van der Waals surface area contributed by atoms with Crippen LogP contribution in [0.15, 0.2) is 40.1 Å². The van der Waals surface area contributed by atoms with Crippen LogP contribution in [0.3, 0.4) is 0 Å². The highest BCUT2D eigenvalue weighted by Crippen LogP contribution is 2.26. The topological polar surface area (TPSA) is 180 Å². The van der Waals surface area contributed by atoms with Gasteiger partial charge in [0, 0.05) is 25.7 Å². The van der Waals surface area contributed by atoms with Gasteiger partial charge in [0.1, 0.15) is 22.8 Å². The summed E-state index contributed by atoms with van der Waals surface area (Å²) in [5.74, 6) is -2.45. The maximum Gasteiger partial charge on any atom is 0.353 e. The van der Waals surface area contributed by atoms with Gasteiger partial charge in [-0.05, 0) is 23.1 Å². The average Bonchev–Trinajstić information content (AvgIpc) is 3.21. The van der Waals surface area contributed by atoms with Crippen LogP contribution in [0.2, 0.25) is 0 Å². The highest BCUT2D eigenvalue weighted by Gasteiger charge is 2.27. The number of nitrogens with two attached hydrogens (primary N) is 1. The van der Waals surface area contributed by atoms with Gasteiger partial charge in [-0.15, -0.1) is 0 Å². The first-order chi connectivity index (χ1) is 16.2. The normalized spacial score (nSPS) is 13.2. The van der Waals surface area contributed by atoms with Gasteiger partial charge < -0.3 is 26.2 Å². The summed E-state index contributed by atoms with van der Waals surface area (Å²) in [5, 5.41) is 21.6. The number of carboxylic acids is 1. The quantitative estimate of drug-likeness (QED) is 0.290. The minimum Gasteiger partial charge on any atom is -0.492 e. The molecule has 3 heterocycles. The van der Waals surface area contributed by atoms with Gasteiger partial charge >= 0.3 is 5.97 Å². The van der Waals surface area contributed by atoms with Crippen LogP contribution in [0.5, 0.6) is 5.88 Å². The Morgan fingerprint density at radius 1 is 1.12 bits per heavy atom. The molecule has 172 valence electrons. The van der Waals surface area contributed by atoms with Crippen molar-refractivity contribution in [2.45, 2.75) is 19.5 Å². The number of benzene rings is 1. The van der Waals surface area contributed by atoms with Gasteiger partial charge in [-0.2, -0.15) is 4.98 Å². The summed E-state index contributed by atoms with van der Waals surface area (Å²) in [4.78, 5) is 57.0. The van der Waals surface area contributed by atoms with Crippen molar-refractivity contribution in [2.24, 2.45) is 0 Å². The molecule has 12 nitrogen and oxygen atoms in total. The average molecular weight is 462 g/mol. The van der Waals surface area contributed by atoms with Gasteiger partial charge in [0.15, 0.2) is 0 Å². The lowest BCUT2D eigenvalue weighted by molar-refractivity contribution is 0.0688. The number of aromatic carboxylic acids is 1. The molecule has 5 N–H and O–H groups in total. The summed E-state index contributed by atoms with van der Waals surface area (Å²) in [7, 11) is 0.